The van der Waals surface area contributed by atoms with E-state index < -0.39 is 0 Å². The van der Waals surface area contributed by atoms with Crippen LogP contribution in [0.5, 0.6) is 0 Å². The fourth-order valence-electron chi connectivity index (χ4n) is 1.37. The maximum atomic E-state index is 13.2. The molecule has 0 aliphatic heterocycles. The number of carbonyl (C=O) groups is 1. The molecule has 0 aliphatic rings. The molecule has 0 aliphatic carbocycles. The van der Waals surface area contributed by atoms with E-state index in [1.165, 1.54) is 6.07 Å². The first-order valence-electron chi connectivity index (χ1n) is 5.02. The molecule has 1 aromatic rings. The summed E-state index contributed by atoms with van der Waals surface area (Å²) in [5.74, 6) is -0.300. The molecule has 0 radical (unpaired) electrons. The molecule has 4 heteroatoms. The van der Waals surface area contributed by atoms with Crippen LogP contribution >= 0.6 is 15.9 Å². The summed E-state index contributed by atoms with van der Waals surface area (Å²) < 4.78 is 18.6. The topological polar surface area (TPSA) is 26.3 Å². The van der Waals surface area contributed by atoms with Crippen LogP contribution in [-0.2, 0) is 16.0 Å². The van der Waals surface area contributed by atoms with E-state index in [0.717, 1.165) is 0 Å². The average Bonchev–Trinajstić information content (AvgIpc) is 2.24. The molecule has 0 aromatic heterocycles. The van der Waals surface area contributed by atoms with E-state index >= 15 is 0 Å². The zero-order chi connectivity index (χ0) is 12.1. The van der Waals surface area contributed by atoms with Crippen LogP contribution in [0, 0.1) is 5.82 Å². The number of hydrogen-bond acceptors (Lipinski definition) is 2. The van der Waals surface area contributed by atoms with Gasteiger partial charge in [-0.05, 0) is 34.5 Å². The molecule has 16 heavy (non-hydrogen) atoms. The maximum Gasteiger partial charge on any atom is 0.139 e. The number of methoxy groups -OCH3 is 1. The fraction of sp³-hybridized carbons (Fsp3) is 0.417. The number of benzene rings is 1. The Hall–Kier alpha value is -0.740. The lowest BCUT2D eigenvalue weighted by molar-refractivity contribution is -0.120. The molecule has 0 heterocycles. The highest BCUT2D eigenvalue weighted by Crippen LogP contribution is 2.21. The Kier molecular flexibility index (Phi) is 5.09. The van der Waals surface area contributed by atoms with E-state index in [-0.39, 0.29) is 24.1 Å². The molecule has 2 nitrogen and oxygen atoms in total. The van der Waals surface area contributed by atoms with Gasteiger partial charge in [0.15, 0.2) is 0 Å². The largest absolute Gasteiger partial charge is 0.381 e. The minimum atomic E-state index is -0.343. The van der Waals surface area contributed by atoms with Gasteiger partial charge >= 0.3 is 0 Å². The number of hydrogen-bond donors (Lipinski definition) is 0. The molecule has 0 N–H and O–H groups in total. The summed E-state index contributed by atoms with van der Waals surface area (Å²) in [6.07, 6.45) is 0.478. The molecule has 0 bridgehead atoms. The van der Waals surface area contributed by atoms with E-state index in [1.807, 2.05) is 6.92 Å². The van der Waals surface area contributed by atoms with Gasteiger partial charge in [-0.25, -0.2) is 4.39 Å². The number of Topliss-reactive ketones (excluding diaryl/α,β-unsaturated/α-hetero) is 1. The highest BCUT2D eigenvalue weighted by atomic mass is 79.9. The highest BCUT2D eigenvalue weighted by molar-refractivity contribution is 9.10. The minimum absolute atomic E-state index is 0.0423. The second-order valence-electron chi connectivity index (χ2n) is 3.68. The molecule has 1 rings (SSSR count). The van der Waals surface area contributed by atoms with Gasteiger partial charge in [0.05, 0.1) is 10.6 Å². The van der Waals surface area contributed by atoms with Crippen molar-refractivity contribution < 1.29 is 13.9 Å². The molecule has 0 saturated carbocycles. The molecule has 88 valence electrons. The summed E-state index contributed by atoms with van der Waals surface area (Å²) in [6, 6.07) is 4.70. The van der Waals surface area contributed by atoms with Crippen LogP contribution in [0.3, 0.4) is 0 Å². The van der Waals surface area contributed by atoms with Crippen LogP contribution in [0.25, 0.3) is 0 Å². The molecule has 1 atom stereocenters. The van der Waals surface area contributed by atoms with Gasteiger partial charge in [0.25, 0.3) is 0 Å². The molecule has 1 aromatic carbocycles. The lowest BCUT2D eigenvalue weighted by atomic mass is 10.1. The van der Waals surface area contributed by atoms with Crippen molar-refractivity contribution in [3.05, 3.63) is 34.1 Å². The third-order valence-electron chi connectivity index (χ3n) is 2.34. The van der Waals surface area contributed by atoms with Gasteiger partial charge in [-0.1, -0.05) is 12.1 Å². The Morgan fingerprint density at radius 2 is 2.25 bits per heavy atom. The predicted molar refractivity (Wildman–Crippen MR) is 63.9 cm³/mol. The Morgan fingerprint density at radius 3 is 2.88 bits per heavy atom. The summed E-state index contributed by atoms with van der Waals surface area (Å²) in [4.78, 5) is 11.6. The lowest BCUT2D eigenvalue weighted by Crippen LogP contribution is -2.14. The molecular weight excluding hydrogens is 275 g/mol. The van der Waals surface area contributed by atoms with Crippen molar-refractivity contribution >= 4 is 21.7 Å². The van der Waals surface area contributed by atoms with Gasteiger partial charge in [0.1, 0.15) is 11.6 Å². The first-order valence-corrected chi connectivity index (χ1v) is 5.81. The summed E-state index contributed by atoms with van der Waals surface area (Å²) in [5.41, 5.74) is 0.674. The summed E-state index contributed by atoms with van der Waals surface area (Å²) in [5, 5.41) is 0. The summed E-state index contributed by atoms with van der Waals surface area (Å²) in [6.45, 7) is 1.83. The zero-order valence-corrected chi connectivity index (χ0v) is 10.9. The molecule has 1 unspecified atom stereocenters. The molecular formula is C12H14BrFO2. The van der Waals surface area contributed by atoms with E-state index in [1.54, 1.807) is 19.2 Å². The molecule has 0 amide bonds. The molecule has 0 spiro atoms. The number of carbonyl (C=O) groups excluding carboxylic acids is 1. The Bertz CT molecular complexity index is 379. The van der Waals surface area contributed by atoms with Crippen molar-refractivity contribution in [2.45, 2.75) is 25.9 Å². The van der Waals surface area contributed by atoms with Crippen LogP contribution in [0.1, 0.15) is 18.9 Å². The smallest absolute Gasteiger partial charge is 0.139 e. The first-order chi connectivity index (χ1) is 7.54. The van der Waals surface area contributed by atoms with E-state index in [9.17, 15) is 9.18 Å². The second-order valence-corrected chi connectivity index (χ2v) is 4.47. The lowest BCUT2D eigenvalue weighted by Gasteiger charge is -2.09. The van der Waals surface area contributed by atoms with Gasteiger partial charge in [0, 0.05) is 20.0 Å². The predicted octanol–water partition coefficient (Wildman–Crippen LogP) is 3.12. The van der Waals surface area contributed by atoms with Crippen LogP contribution in [0.15, 0.2) is 22.7 Å². The monoisotopic (exact) mass is 288 g/mol. The van der Waals surface area contributed by atoms with Gasteiger partial charge in [-0.2, -0.15) is 0 Å². The number of halogens is 2. The van der Waals surface area contributed by atoms with Crippen LogP contribution in [0.2, 0.25) is 0 Å². The standard InChI is InChI=1S/C12H14BrFO2/c1-8(16-2)6-10(15)7-9-4-3-5-11(14)12(9)13/h3-5,8H,6-7H2,1-2H3. The third kappa shape index (κ3) is 3.68. The average molecular weight is 289 g/mol. The molecule has 0 saturated heterocycles. The van der Waals surface area contributed by atoms with E-state index in [2.05, 4.69) is 15.9 Å². The number of ketones is 1. The van der Waals surface area contributed by atoms with Gasteiger partial charge in [-0.15, -0.1) is 0 Å². The SMILES string of the molecule is COC(C)CC(=O)Cc1cccc(F)c1Br. The van der Waals surface area contributed by atoms with Gasteiger partial charge < -0.3 is 4.74 Å². The highest BCUT2D eigenvalue weighted by Gasteiger charge is 2.12. The minimum Gasteiger partial charge on any atom is -0.381 e. The zero-order valence-electron chi connectivity index (χ0n) is 9.30. The van der Waals surface area contributed by atoms with Gasteiger partial charge in [-0.3, -0.25) is 4.79 Å². The van der Waals surface area contributed by atoms with Crippen molar-refractivity contribution in [1.29, 1.82) is 0 Å². The van der Waals surface area contributed by atoms with Crippen molar-refractivity contribution in [3.8, 4) is 0 Å². The Morgan fingerprint density at radius 1 is 1.56 bits per heavy atom. The summed E-state index contributed by atoms with van der Waals surface area (Å²) in [7, 11) is 1.57. The number of ether oxygens (including phenoxy) is 1. The van der Waals surface area contributed by atoms with Crippen LogP contribution < -0.4 is 0 Å². The van der Waals surface area contributed by atoms with Crippen molar-refractivity contribution in [2.24, 2.45) is 0 Å². The van der Waals surface area contributed by atoms with Crippen LogP contribution in [-0.4, -0.2) is 19.0 Å². The normalized spacial score (nSPS) is 12.5. The Balaban J connectivity index is 2.66. The van der Waals surface area contributed by atoms with Crippen molar-refractivity contribution in [1.82, 2.24) is 0 Å². The van der Waals surface area contributed by atoms with Gasteiger partial charge in [0.2, 0.25) is 0 Å². The van der Waals surface area contributed by atoms with E-state index in [4.69, 9.17) is 4.74 Å². The second kappa shape index (κ2) is 6.11. The fourth-order valence-corrected chi connectivity index (χ4v) is 1.78. The quantitative estimate of drug-likeness (QED) is 0.832. The Labute approximate surface area is 103 Å². The number of rotatable bonds is 5. The van der Waals surface area contributed by atoms with Crippen molar-refractivity contribution in [2.75, 3.05) is 7.11 Å². The van der Waals surface area contributed by atoms with E-state index in [0.29, 0.717) is 16.5 Å². The first kappa shape index (κ1) is 13.3. The third-order valence-corrected chi connectivity index (χ3v) is 3.22. The summed E-state index contributed by atoms with van der Waals surface area (Å²) >= 11 is 3.13. The molecule has 0 fully saturated rings. The van der Waals surface area contributed by atoms with Crippen molar-refractivity contribution in [3.63, 3.8) is 0 Å². The maximum absolute atomic E-state index is 13.2. The van der Waals surface area contributed by atoms with Crippen LogP contribution in [0.4, 0.5) is 4.39 Å².